The summed E-state index contributed by atoms with van der Waals surface area (Å²) in [4.78, 5) is 41.8. The molecule has 1 aliphatic heterocycles. The number of hydrogen-bond acceptors (Lipinski definition) is 8. The molecule has 234 valence electrons. The fraction of sp³-hybridized carbons (Fsp3) is 0.545. The number of likely N-dealkylation sites (tertiary alicyclic amines) is 1. The number of methoxy groups -OCH3 is 3. The minimum Gasteiger partial charge on any atom is -0.493 e. The number of carbonyl (C=O) groups is 2. The molecular formula is C33H46N4O6. The molecule has 2 aromatic carbocycles. The number of aryl methyl sites for hydroxylation is 1. The van der Waals surface area contributed by atoms with Crippen LogP contribution in [-0.4, -0.2) is 69.8 Å². The molecule has 3 atom stereocenters. The number of fused-ring (bicyclic) bond motifs is 3. The van der Waals surface area contributed by atoms with Gasteiger partial charge in [-0.15, -0.1) is 0 Å². The Morgan fingerprint density at radius 2 is 1.79 bits per heavy atom. The van der Waals surface area contributed by atoms with Gasteiger partial charge in [0.05, 0.1) is 33.1 Å². The normalized spacial score (nSPS) is 18.6. The van der Waals surface area contributed by atoms with Crippen LogP contribution in [-0.2, 0) is 16.0 Å². The van der Waals surface area contributed by atoms with Crippen LogP contribution in [0.3, 0.4) is 0 Å². The first-order valence-corrected chi connectivity index (χ1v) is 15.2. The molecule has 0 spiro atoms. The van der Waals surface area contributed by atoms with Crippen molar-refractivity contribution in [2.45, 2.75) is 71.5 Å². The molecule has 0 bridgehead atoms. The predicted molar refractivity (Wildman–Crippen MR) is 168 cm³/mol. The van der Waals surface area contributed by atoms with E-state index in [1.807, 2.05) is 26.0 Å². The lowest BCUT2D eigenvalue weighted by Crippen LogP contribution is -2.47. The lowest BCUT2D eigenvalue weighted by molar-refractivity contribution is -0.123. The molecule has 2 aliphatic rings. The van der Waals surface area contributed by atoms with Crippen LogP contribution in [0.25, 0.3) is 11.1 Å². The van der Waals surface area contributed by atoms with Gasteiger partial charge >= 0.3 is 0 Å². The van der Waals surface area contributed by atoms with Gasteiger partial charge in [0.25, 0.3) is 0 Å². The van der Waals surface area contributed by atoms with Crippen molar-refractivity contribution >= 4 is 17.5 Å². The highest BCUT2D eigenvalue weighted by atomic mass is 16.5. The summed E-state index contributed by atoms with van der Waals surface area (Å²) >= 11 is 0. The minimum atomic E-state index is -0.608. The van der Waals surface area contributed by atoms with Gasteiger partial charge in [-0.05, 0) is 79.6 Å². The second kappa shape index (κ2) is 14.1. The van der Waals surface area contributed by atoms with E-state index in [9.17, 15) is 14.4 Å². The monoisotopic (exact) mass is 594 g/mol. The summed E-state index contributed by atoms with van der Waals surface area (Å²) in [5.41, 5.74) is 3.17. The first kappa shape index (κ1) is 32.1. The molecule has 1 aliphatic carbocycles. The van der Waals surface area contributed by atoms with Crippen molar-refractivity contribution in [1.29, 1.82) is 0 Å². The quantitative estimate of drug-likeness (QED) is 0.359. The van der Waals surface area contributed by atoms with Gasteiger partial charge < -0.3 is 30.2 Å². The predicted octanol–water partition coefficient (Wildman–Crippen LogP) is 3.90. The lowest BCUT2D eigenvalue weighted by atomic mass is 9.95. The van der Waals surface area contributed by atoms with Gasteiger partial charge in [0.1, 0.15) is 6.04 Å². The number of anilines is 1. The number of amides is 2. The van der Waals surface area contributed by atoms with Crippen LogP contribution < -0.4 is 35.6 Å². The molecule has 43 heavy (non-hydrogen) atoms. The smallest absolute Gasteiger partial charge is 0.242 e. The highest BCUT2D eigenvalue weighted by Gasteiger charge is 2.31. The molecule has 0 radical (unpaired) electrons. The molecule has 0 aromatic heterocycles. The summed E-state index contributed by atoms with van der Waals surface area (Å²) in [6.45, 7) is 10.1. The van der Waals surface area contributed by atoms with Crippen LogP contribution in [0.5, 0.6) is 17.2 Å². The van der Waals surface area contributed by atoms with Crippen LogP contribution in [0.15, 0.2) is 29.1 Å². The highest BCUT2D eigenvalue weighted by Crippen LogP contribution is 2.50. The molecule has 3 N–H and O–H groups in total. The van der Waals surface area contributed by atoms with E-state index in [2.05, 4.69) is 27.8 Å². The Morgan fingerprint density at radius 1 is 1.05 bits per heavy atom. The zero-order valence-corrected chi connectivity index (χ0v) is 26.5. The van der Waals surface area contributed by atoms with Crippen molar-refractivity contribution in [3.63, 3.8) is 0 Å². The standard InChI is InChI=1S/C33H46N4O6/c1-8-37-15-9-10-22(37)18-34-33(40)30(19(2)3)36-26-14-12-23-24(17-27(26)39)25(35-20(4)38)13-11-21-16-28(41-5)31(42-6)32(43-7)29(21)23/h12,14,16-17,19,22,25,30H,8-11,13,15,18H2,1-7H3,(H,34,40)(H,35,38)(H,36,39)/t22-,25+,30+/m1/s1. The third kappa shape index (κ3) is 6.90. The molecule has 2 aromatic rings. The van der Waals surface area contributed by atoms with E-state index in [1.165, 1.54) is 6.92 Å². The first-order chi connectivity index (χ1) is 20.6. The molecule has 10 heteroatoms. The first-order valence-electron chi connectivity index (χ1n) is 15.2. The molecule has 2 amide bonds. The maximum Gasteiger partial charge on any atom is 0.242 e. The van der Waals surface area contributed by atoms with Gasteiger partial charge in [0.2, 0.25) is 23.0 Å². The van der Waals surface area contributed by atoms with Crippen molar-refractivity contribution in [3.05, 3.63) is 45.6 Å². The fourth-order valence-electron chi connectivity index (χ4n) is 6.40. The van der Waals surface area contributed by atoms with E-state index in [1.54, 1.807) is 33.5 Å². The van der Waals surface area contributed by atoms with Crippen LogP contribution in [0.2, 0.25) is 0 Å². The number of hydrogen-bond donors (Lipinski definition) is 3. The Hall–Kier alpha value is -3.79. The van der Waals surface area contributed by atoms with Crippen LogP contribution in [0, 0.1) is 5.92 Å². The largest absolute Gasteiger partial charge is 0.493 e. The molecule has 1 heterocycles. The summed E-state index contributed by atoms with van der Waals surface area (Å²) in [7, 11) is 4.70. The van der Waals surface area contributed by atoms with Crippen LogP contribution in [0.1, 0.15) is 64.1 Å². The molecule has 10 nitrogen and oxygen atoms in total. The molecule has 0 unspecified atom stereocenters. The molecule has 0 saturated carbocycles. The maximum absolute atomic E-state index is 13.8. The minimum absolute atomic E-state index is 0.0710. The lowest BCUT2D eigenvalue weighted by Gasteiger charge is -2.26. The number of carbonyl (C=O) groups excluding carboxylic acids is 2. The van der Waals surface area contributed by atoms with Gasteiger partial charge in [0, 0.05) is 25.1 Å². The van der Waals surface area contributed by atoms with Crippen molar-refractivity contribution in [3.8, 4) is 28.4 Å². The van der Waals surface area contributed by atoms with Gasteiger partial charge in [-0.1, -0.05) is 26.8 Å². The highest BCUT2D eigenvalue weighted by molar-refractivity contribution is 5.86. The summed E-state index contributed by atoms with van der Waals surface area (Å²) in [6, 6.07) is 6.38. The zero-order chi connectivity index (χ0) is 31.3. The summed E-state index contributed by atoms with van der Waals surface area (Å²) < 4.78 is 17.1. The van der Waals surface area contributed by atoms with Crippen molar-refractivity contribution in [2.75, 3.05) is 46.3 Å². The van der Waals surface area contributed by atoms with Gasteiger partial charge in [-0.25, -0.2) is 0 Å². The van der Waals surface area contributed by atoms with E-state index in [4.69, 9.17) is 14.2 Å². The molecule has 1 saturated heterocycles. The Kier molecular flexibility index (Phi) is 10.6. The number of rotatable bonds is 11. The average Bonchev–Trinajstić information content (AvgIpc) is 3.32. The Morgan fingerprint density at radius 3 is 2.42 bits per heavy atom. The van der Waals surface area contributed by atoms with E-state index in [0.717, 1.165) is 42.6 Å². The van der Waals surface area contributed by atoms with Crippen LogP contribution in [0.4, 0.5) is 5.69 Å². The third-order valence-electron chi connectivity index (χ3n) is 8.59. The Bertz CT molecular complexity index is 1390. The summed E-state index contributed by atoms with van der Waals surface area (Å²) in [5, 5.41) is 9.41. The van der Waals surface area contributed by atoms with E-state index in [-0.39, 0.29) is 23.2 Å². The van der Waals surface area contributed by atoms with Crippen LogP contribution >= 0.6 is 0 Å². The molecule has 1 fully saturated rings. The topological polar surface area (TPSA) is 118 Å². The molecule has 4 rings (SSSR count). The van der Waals surface area contributed by atoms with Gasteiger partial charge in [0.15, 0.2) is 11.5 Å². The molecular weight excluding hydrogens is 548 g/mol. The Balaban J connectivity index is 1.77. The summed E-state index contributed by atoms with van der Waals surface area (Å²) in [5.74, 6) is 1.07. The van der Waals surface area contributed by atoms with Gasteiger partial charge in [-0.2, -0.15) is 0 Å². The van der Waals surface area contributed by atoms with E-state index >= 15 is 0 Å². The SMILES string of the molecule is CCN1CCC[C@@H]1CNC(=O)[C@@H](Nc1ccc2c(cc1=O)[C@@H](NC(C)=O)CCc1cc(OC)c(OC)c(OC)c1-2)C(C)C. The number of benzene rings is 1. The van der Waals surface area contributed by atoms with Crippen molar-refractivity contribution < 1.29 is 23.8 Å². The third-order valence-corrected chi connectivity index (χ3v) is 8.59. The van der Waals surface area contributed by atoms with Gasteiger partial charge in [-0.3, -0.25) is 19.3 Å². The van der Waals surface area contributed by atoms with E-state index < -0.39 is 12.1 Å². The zero-order valence-electron chi connectivity index (χ0n) is 26.5. The number of nitrogens with one attached hydrogen (secondary N) is 3. The van der Waals surface area contributed by atoms with Crippen molar-refractivity contribution in [1.82, 2.24) is 15.5 Å². The fourth-order valence-corrected chi connectivity index (χ4v) is 6.40. The second-order valence-electron chi connectivity index (χ2n) is 11.6. The number of ether oxygens (including phenoxy) is 3. The number of nitrogens with zero attached hydrogens (tertiary/aromatic N) is 1. The maximum atomic E-state index is 13.8. The second-order valence-corrected chi connectivity index (χ2v) is 11.6. The summed E-state index contributed by atoms with van der Waals surface area (Å²) in [6.07, 6.45) is 3.38. The van der Waals surface area contributed by atoms with Crippen molar-refractivity contribution in [2.24, 2.45) is 5.92 Å². The van der Waals surface area contributed by atoms with E-state index in [0.29, 0.717) is 53.9 Å². The average molecular weight is 595 g/mol. The Labute approximate surface area is 254 Å². The number of likely N-dealkylation sites (N-methyl/N-ethyl adjacent to an activating group) is 1.